The maximum Gasteiger partial charge on any atom is 0.339 e. The normalized spacial score (nSPS) is 15.8. The average molecular weight is 477 g/mol. The van der Waals surface area contributed by atoms with Crippen LogP contribution in [0.3, 0.4) is 0 Å². The molecule has 0 aliphatic carbocycles. The summed E-state index contributed by atoms with van der Waals surface area (Å²) in [5, 5.41) is 0. The summed E-state index contributed by atoms with van der Waals surface area (Å²) in [4.78, 5) is 31.1. The first-order valence-electron chi connectivity index (χ1n) is 9.05. The van der Waals surface area contributed by atoms with Crippen molar-refractivity contribution in [3.05, 3.63) is 28.2 Å². The summed E-state index contributed by atoms with van der Waals surface area (Å²) in [6.45, 7) is 0.953. The largest absolute Gasteiger partial charge is 0.452 e. The van der Waals surface area contributed by atoms with Crippen LogP contribution in [0.25, 0.3) is 0 Å². The summed E-state index contributed by atoms with van der Waals surface area (Å²) >= 11 is 3.22. The minimum Gasteiger partial charge on any atom is -0.452 e. The van der Waals surface area contributed by atoms with Crippen molar-refractivity contribution in [1.29, 1.82) is 0 Å². The number of rotatable bonds is 6. The Bertz CT molecular complexity index is 806. The van der Waals surface area contributed by atoms with Gasteiger partial charge in [-0.1, -0.05) is 23.7 Å². The van der Waals surface area contributed by atoms with Crippen LogP contribution < -0.4 is 0 Å². The third-order valence-electron chi connectivity index (χ3n) is 4.59. The van der Waals surface area contributed by atoms with Crippen LogP contribution in [0.15, 0.2) is 27.6 Å². The Morgan fingerprint density at radius 1 is 1.14 bits per heavy atom. The Balaban J connectivity index is 2.07. The maximum absolute atomic E-state index is 12.4. The molecule has 156 valence electrons. The Morgan fingerprint density at radius 3 is 2.36 bits per heavy atom. The van der Waals surface area contributed by atoms with Gasteiger partial charge < -0.3 is 9.64 Å². The quantitative estimate of drug-likeness (QED) is 0.462. The van der Waals surface area contributed by atoms with E-state index in [0.717, 1.165) is 25.7 Å². The summed E-state index contributed by atoms with van der Waals surface area (Å²) in [7, 11) is -1.44. The minimum atomic E-state index is -3.91. The molecule has 0 N–H and O–H groups in total. The molecule has 1 saturated heterocycles. The number of carbonyl (C=O) groups is 2. The van der Waals surface area contributed by atoms with Crippen LogP contribution in [0.5, 0.6) is 0 Å². The number of benzene rings is 1. The number of amides is 1. The number of halogens is 1. The van der Waals surface area contributed by atoms with Crippen molar-refractivity contribution >= 4 is 37.8 Å². The van der Waals surface area contributed by atoms with Gasteiger partial charge in [0, 0.05) is 24.6 Å². The van der Waals surface area contributed by atoms with E-state index in [1.54, 1.807) is 4.90 Å². The summed E-state index contributed by atoms with van der Waals surface area (Å²) in [6, 6.07) is 3.97. The molecule has 0 saturated carbocycles. The topological polar surface area (TPSA) is 93.2 Å². The second-order valence-corrected chi connectivity index (χ2v) is 9.25. The highest BCUT2D eigenvalue weighted by Gasteiger charge is 2.24. The van der Waals surface area contributed by atoms with E-state index in [0.29, 0.717) is 22.0 Å². The van der Waals surface area contributed by atoms with Gasteiger partial charge in [-0.15, -0.1) is 0 Å². The van der Waals surface area contributed by atoms with Crippen LogP contribution >= 0.6 is 15.9 Å². The van der Waals surface area contributed by atoms with Crippen molar-refractivity contribution in [3.63, 3.8) is 0 Å². The average Bonchev–Trinajstić information content (AvgIpc) is 2.65. The van der Waals surface area contributed by atoms with Crippen molar-refractivity contribution in [2.24, 2.45) is 0 Å². The standard InChI is InChI=1S/C18H25BrN2O6S/c1-20(26-2)28(24,25)14-8-9-16(19)15(12-14)18(23)27-13-17(22)21-10-6-4-3-5-7-11-21/h8-9,12H,3-7,10-11,13H2,1-2H3. The lowest BCUT2D eigenvalue weighted by molar-refractivity contribution is -0.134. The monoisotopic (exact) mass is 476 g/mol. The van der Waals surface area contributed by atoms with Gasteiger partial charge in [0.15, 0.2) is 6.61 Å². The van der Waals surface area contributed by atoms with Crippen molar-refractivity contribution < 1.29 is 27.6 Å². The van der Waals surface area contributed by atoms with E-state index in [9.17, 15) is 18.0 Å². The number of carbonyl (C=O) groups excluding carboxylic acids is 2. The molecule has 10 heteroatoms. The first-order valence-corrected chi connectivity index (χ1v) is 11.3. The summed E-state index contributed by atoms with van der Waals surface area (Å²) < 4.78 is 30.9. The smallest absolute Gasteiger partial charge is 0.339 e. The van der Waals surface area contributed by atoms with Gasteiger partial charge in [0.05, 0.1) is 17.6 Å². The van der Waals surface area contributed by atoms with Crippen LogP contribution in [-0.4, -0.2) is 63.5 Å². The lowest BCUT2D eigenvalue weighted by Crippen LogP contribution is -2.37. The molecule has 2 rings (SSSR count). The van der Waals surface area contributed by atoms with E-state index in [1.807, 2.05) is 0 Å². The maximum atomic E-state index is 12.4. The second kappa shape index (κ2) is 10.3. The van der Waals surface area contributed by atoms with Crippen LogP contribution in [0, 0.1) is 0 Å². The second-order valence-electron chi connectivity index (χ2n) is 6.46. The van der Waals surface area contributed by atoms with E-state index in [1.165, 1.54) is 38.8 Å². The number of esters is 1. The molecule has 1 aromatic rings. The summed E-state index contributed by atoms with van der Waals surface area (Å²) in [5.41, 5.74) is 0.0195. The van der Waals surface area contributed by atoms with Crippen LogP contribution in [0.2, 0.25) is 0 Å². The molecule has 0 atom stereocenters. The fraction of sp³-hybridized carbons (Fsp3) is 0.556. The molecule has 0 spiro atoms. The molecular weight excluding hydrogens is 452 g/mol. The molecular formula is C18H25BrN2O6S. The highest BCUT2D eigenvalue weighted by atomic mass is 79.9. The van der Waals surface area contributed by atoms with Gasteiger partial charge in [-0.25, -0.2) is 13.2 Å². The predicted octanol–water partition coefficient (Wildman–Crippen LogP) is 2.58. The minimum absolute atomic E-state index is 0.0195. The molecule has 1 fully saturated rings. The number of hydrogen-bond donors (Lipinski definition) is 0. The molecule has 0 aromatic heterocycles. The molecule has 8 nitrogen and oxygen atoms in total. The number of ether oxygens (including phenoxy) is 1. The van der Waals surface area contributed by atoms with Gasteiger partial charge in [0.25, 0.3) is 15.9 Å². The molecule has 1 aliphatic heterocycles. The zero-order valence-electron chi connectivity index (χ0n) is 16.0. The third kappa shape index (κ3) is 5.76. The fourth-order valence-corrected chi connectivity index (χ4v) is 4.27. The van der Waals surface area contributed by atoms with E-state index in [-0.39, 0.29) is 23.0 Å². The number of hydrogen-bond acceptors (Lipinski definition) is 6. The van der Waals surface area contributed by atoms with Gasteiger partial charge in [-0.3, -0.25) is 9.63 Å². The molecule has 0 bridgehead atoms. The highest BCUT2D eigenvalue weighted by Crippen LogP contribution is 2.24. The van der Waals surface area contributed by atoms with E-state index >= 15 is 0 Å². The zero-order valence-corrected chi connectivity index (χ0v) is 18.4. The number of hydroxylamine groups is 1. The lowest BCUT2D eigenvalue weighted by Gasteiger charge is -2.24. The van der Waals surface area contributed by atoms with Crippen LogP contribution in [0.4, 0.5) is 0 Å². The highest BCUT2D eigenvalue weighted by molar-refractivity contribution is 9.10. The zero-order chi connectivity index (χ0) is 20.7. The Labute approximate surface area is 173 Å². The fourth-order valence-electron chi connectivity index (χ4n) is 2.86. The van der Waals surface area contributed by atoms with Crippen molar-refractivity contribution in [2.75, 3.05) is 33.9 Å². The molecule has 28 heavy (non-hydrogen) atoms. The molecule has 0 radical (unpaired) electrons. The molecule has 1 amide bonds. The summed E-state index contributed by atoms with van der Waals surface area (Å²) in [6.07, 6.45) is 5.25. The van der Waals surface area contributed by atoms with Crippen molar-refractivity contribution in [2.45, 2.75) is 37.0 Å². The Kier molecular flexibility index (Phi) is 8.41. The third-order valence-corrected chi connectivity index (χ3v) is 6.95. The van der Waals surface area contributed by atoms with Crippen molar-refractivity contribution in [3.8, 4) is 0 Å². The Hall–Kier alpha value is -1.49. The van der Waals surface area contributed by atoms with E-state index < -0.39 is 16.0 Å². The SMILES string of the molecule is CON(C)S(=O)(=O)c1ccc(Br)c(C(=O)OCC(=O)N2CCCCCCC2)c1. The van der Waals surface area contributed by atoms with Crippen LogP contribution in [-0.2, 0) is 24.4 Å². The lowest BCUT2D eigenvalue weighted by atomic mass is 10.1. The predicted molar refractivity (Wildman–Crippen MR) is 106 cm³/mol. The number of nitrogens with zero attached hydrogens (tertiary/aromatic N) is 2. The molecule has 1 heterocycles. The van der Waals surface area contributed by atoms with E-state index in [2.05, 4.69) is 15.9 Å². The van der Waals surface area contributed by atoms with Gasteiger partial charge in [-0.2, -0.15) is 0 Å². The first kappa shape index (κ1) is 22.8. The number of sulfonamides is 1. The molecule has 0 unspecified atom stereocenters. The van der Waals surface area contributed by atoms with Gasteiger partial charge in [0.2, 0.25) is 0 Å². The summed E-state index contributed by atoms with van der Waals surface area (Å²) in [5.74, 6) is -1.02. The van der Waals surface area contributed by atoms with Gasteiger partial charge in [-0.05, 0) is 47.0 Å². The van der Waals surface area contributed by atoms with Crippen LogP contribution in [0.1, 0.15) is 42.5 Å². The first-order chi connectivity index (χ1) is 13.3. The molecule has 1 aromatic carbocycles. The van der Waals surface area contributed by atoms with Gasteiger partial charge in [0.1, 0.15) is 0 Å². The number of likely N-dealkylation sites (tertiary alicyclic amines) is 1. The van der Waals surface area contributed by atoms with Crippen molar-refractivity contribution in [1.82, 2.24) is 9.37 Å². The van der Waals surface area contributed by atoms with Gasteiger partial charge >= 0.3 is 5.97 Å². The Morgan fingerprint density at radius 2 is 1.75 bits per heavy atom. The molecule has 1 aliphatic rings. The van der Waals surface area contributed by atoms with E-state index in [4.69, 9.17) is 9.57 Å².